The molecule has 2 aromatic carbocycles. The van der Waals surface area contributed by atoms with Gasteiger partial charge in [-0.2, -0.15) is 0 Å². The molecule has 0 unspecified atom stereocenters. The summed E-state index contributed by atoms with van der Waals surface area (Å²) >= 11 is 0. The third-order valence-corrected chi connectivity index (χ3v) is 6.38. The first kappa shape index (κ1) is 21.2. The van der Waals surface area contributed by atoms with Gasteiger partial charge in [-0.3, -0.25) is 19.3 Å². The largest absolute Gasteiger partial charge is 0.346 e. The minimum atomic E-state index is -0.299. The number of carbonyl (C=O) groups excluding carboxylic acids is 3. The number of rotatable bonds is 8. The zero-order valence-electron chi connectivity index (χ0n) is 18.0. The number of benzene rings is 2. The fraction of sp³-hybridized carbons (Fsp3) is 0.400. The fourth-order valence-electron chi connectivity index (χ4n) is 4.61. The monoisotopic (exact) mass is 420 g/mol. The van der Waals surface area contributed by atoms with Crippen molar-refractivity contribution in [1.29, 1.82) is 0 Å². The lowest BCUT2D eigenvalue weighted by Crippen LogP contribution is -3.11. The Hall–Kier alpha value is -2.99. The number of nitrogens with zero attached hydrogens (tertiary/aromatic N) is 1. The van der Waals surface area contributed by atoms with E-state index in [1.54, 1.807) is 18.2 Å². The second kappa shape index (κ2) is 9.43. The van der Waals surface area contributed by atoms with Gasteiger partial charge in [-0.05, 0) is 24.6 Å². The molecule has 1 atom stereocenters. The van der Waals surface area contributed by atoms with Crippen LogP contribution >= 0.6 is 0 Å². The highest BCUT2D eigenvalue weighted by Gasteiger charge is 2.35. The van der Waals surface area contributed by atoms with Crippen LogP contribution in [0.4, 0.5) is 0 Å². The topological polar surface area (TPSA) is 70.9 Å². The summed E-state index contributed by atoms with van der Waals surface area (Å²) in [6.45, 7) is 5.19. The Labute approximate surface area is 183 Å². The average molecular weight is 421 g/mol. The van der Waals surface area contributed by atoms with Crippen LogP contribution in [0.15, 0.2) is 48.5 Å². The molecule has 0 aliphatic carbocycles. The van der Waals surface area contributed by atoms with Crippen LogP contribution in [0, 0.1) is 0 Å². The maximum Gasteiger partial charge on any atom is 0.261 e. The van der Waals surface area contributed by atoms with Gasteiger partial charge in [-0.15, -0.1) is 0 Å². The number of imide groups is 1. The van der Waals surface area contributed by atoms with Gasteiger partial charge in [-0.25, -0.2) is 0 Å². The molecule has 1 saturated heterocycles. The number of quaternary nitrogens is 1. The van der Waals surface area contributed by atoms with Gasteiger partial charge in [0.2, 0.25) is 0 Å². The van der Waals surface area contributed by atoms with Crippen LogP contribution in [-0.4, -0.2) is 48.8 Å². The molecule has 6 nitrogen and oxygen atoms in total. The van der Waals surface area contributed by atoms with E-state index >= 15 is 0 Å². The minimum absolute atomic E-state index is 0.204. The van der Waals surface area contributed by atoms with E-state index in [9.17, 15) is 14.4 Å². The second-order valence-corrected chi connectivity index (χ2v) is 8.41. The van der Waals surface area contributed by atoms with Crippen molar-refractivity contribution < 1.29 is 19.3 Å². The molecule has 162 valence electrons. The molecule has 0 radical (unpaired) electrons. The summed E-state index contributed by atoms with van der Waals surface area (Å²) in [5, 5.41) is 3.07. The zero-order valence-corrected chi connectivity index (χ0v) is 18.0. The number of fused-ring (bicyclic) bond motifs is 1. The Balaban J connectivity index is 1.47. The van der Waals surface area contributed by atoms with E-state index in [4.69, 9.17) is 0 Å². The summed E-state index contributed by atoms with van der Waals surface area (Å²) in [4.78, 5) is 40.9. The van der Waals surface area contributed by atoms with Crippen LogP contribution in [-0.2, 0) is 0 Å². The van der Waals surface area contributed by atoms with Gasteiger partial charge in [0, 0.05) is 30.5 Å². The highest BCUT2D eigenvalue weighted by Crippen LogP contribution is 2.24. The molecule has 2 N–H and O–H groups in total. The lowest BCUT2D eigenvalue weighted by Gasteiger charge is -2.25. The molecule has 2 heterocycles. The molecule has 0 aromatic heterocycles. The Morgan fingerprint density at radius 3 is 2.45 bits per heavy atom. The highest BCUT2D eigenvalue weighted by atomic mass is 16.2. The van der Waals surface area contributed by atoms with Gasteiger partial charge in [0.1, 0.15) is 6.04 Å². The second-order valence-electron chi connectivity index (χ2n) is 8.41. The quantitative estimate of drug-likeness (QED) is 0.644. The summed E-state index contributed by atoms with van der Waals surface area (Å²) in [5.41, 5.74) is 2.36. The van der Waals surface area contributed by atoms with Gasteiger partial charge in [0.25, 0.3) is 17.7 Å². The van der Waals surface area contributed by atoms with E-state index in [2.05, 4.69) is 17.4 Å². The number of carbonyl (C=O) groups is 3. The first-order valence-corrected chi connectivity index (χ1v) is 11.3. The fourth-order valence-corrected chi connectivity index (χ4v) is 4.61. The smallest absolute Gasteiger partial charge is 0.261 e. The van der Waals surface area contributed by atoms with Crippen molar-refractivity contribution in [3.8, 4) is 0 Å². The van der Waals surface area contributed by atoms with E-state index in [0.29, 0.717) is 29.8 Å². The molecule has 2 aliphatic rings. The standard InChI is InChI=1S/C25H29N3O3/c1-2-3-15-28-24(30)20-12-11-19(16-21(20)25(28)31)23(29)26-17-22(27-13-7-8-14-27)18-9-5-4-6-10-18/h4-6,9-12,16,22H,2-3,7-8,13-15,17H2,1H3,(H,26,29)/p+1/t22-/m1/s1. The predicted molar refractivity (Wildman–Crippen MR) is 118 cm³/mol. The molecule has 0 bridgehead atoms. The maximum atomic E-state index is 12.9. The molecule has 6 heteroatoms. The van der Waals surface area contributed by atoms with Gasteiger partial charge >= 0.3 is 0 Å². The van der Waals surface area contributed by atoms with Crippen molar-refractivity contribution in [1.82, 2.24) is 10.2 Å². The number of nitrogens with one attached hydrogen (secondary N) is 2. The van der Waals surface area contributed by atoms with E-state index in [0.717, 1.165) is 25.9 Å². The Kier molecular flexibility index (Phi) is 6.47. The van der Waals surface area contributed by atoms with Crippen molar-refractivity contribution in [2.75, 3.05) is 26.2 Å². The third kappa shape index (κ3) is 4.39. The van der Waals surface area contributed by atoms with Crippen LogP contribution in [0.1, 0.15) is 75.3 Å². The van der Waals surface area contributed by atoms with Gasteiger partial charge < -0.3 is 10.2 Å². The van der Waals surface area contributed by atoms with Gasteiger partial charge in [-0.1, -0.05) is 43.7 Å². The lowest BCUT2D eigenvalue weighted by atomic mass is 10.0. The van der Waals surface area contributed by atoms with E-state index in [-0.39, 0.29) is 23.8 Å². The normalized spacial score (nSPS) is 17.1. The van der Waals surface area contributed by atoms with Crippen molar-refractivity contribution in [2.24, 2.45) is 0 Å². The lowest BCUT2D eigenvalue weighted by molar-refractivity contribution is -0.918. The number of amides is 3. The number of unbranched alkanes of at least 4 members (excludes halogenated alkanes) is 1. The first-order chi connectivity index (χ1) is 15.1. The number of hydrogen-bond donors (Lipinski definition) is 2. The van der Waals surface area contributed by atoms with Crippen LogP contribution in [0.5, 0.6) is 0 Å². The van der Waals surface area contributed by atoms with Crippen LogP contribution < -0.4 is 10.2 Å². The summed E-state index contributed by atoms with van der Waals surface area (Å²) in [7, 11) is 0. The predicted octanol–water partition coefficient (Wildman–Crippen LogP) is 2.23. The van der Waals surface area contributed by atoms with Crippen molar-refractivity contribution in [3.63, 3.8) is 0 Å². The summed E-state index contributed by atoms with van der Waals surface area (Å²) in [6, 6.07) is 15.3. The molecule has 2 aromatic rings. The van der Waals surface area contributed by atoms with Crippen molar-refractivity contribution in [3.05, 3.63) is 70.8 Å². The molecular weight excluding hydrogens is 390 g/mol. The van der Waals surface area contributed by atoms with E-state index < -0.39 is 0 Å². The van der Waals surface area contributed by atoms with Crippen molar-refractivity contribution in [2.45, 2.75) is 38.6 Å². The third-order valence-electron chi connectivity index (χ3n) is 6.38. The summed E-state index contributed by atoms with van der Waals surface area (Å²) < 4.78 is 0. The van der Waals surface area contributed by atoms with Crippen LogP contribution in [0.2, 0.25) is 0 Å². The van der Waals surface area contributed by atoms with Crippen molar-refractivity contribution >= 4 is 17.7 Å². The number of hydrogen-bond acceptors (Lipinski definition) is 3. The molecule has 31 heavy (non-hydrogen) atoms. The highest BCUT2D eigenvalue weighted by molar-refractivity contribution is 6.22. The SMILES string of the molecule is CCCCN1C(=O)c2ccc(C(=O)NC[C@H](c3ccccc3)[NH+]3CCCC3)cc2C1=O. The molecule has 0 spiro atoms. The van der Waals surface area contributed by atoms with Gasteiger partial charge in [0.15, 0.2) is 0 Å². The zero-order chi connectivity index (χ0) is 21.8. The Morgan fingerprint density at radius 1 is 1.03 bits per heavy atom. The Morgan fingerprint density at radius 2 is 1.74 bits per heavy atom. The molecule has 3 amide bonds. The summed E-state index contributed by atoms with van der Waals surface area (Å²) in [6.07, 6.45) is 4.10. The molecular formula is C25H30N3O3+. The molecule has 2 aliphatic heterocycles. The number of likely N-dealkylation sites (tertiary alicyclic amines) is 1. The average Bonchev–Trinajstić information content (AvgIpc) is 3.41. The molecule has 1 fully saturated rings. The molecule has 4 rings (SSSR count). The first-order valence-electron chi connectivity index (χ1n) is 11.3. The van der Waals surface area contributed by atoms with Gasteiger partial charge in [0.05, 0.1) is 30.8 Å². The van der Waals surface area contributed by atoms with E-state index in [1.807, 2.05) is 25.1 Å². The minimum Gasteiger partial charge on any atom is -0.346 e. The summed E-state index contributed by atoms with van der Waals surface area (Å²) in [5.74, 6) is -0.774. The Bertz CT molecular complexity index is 967. The van der Waals surface area contributed by atoms with Crippen LogP contribution in [0.25, 0.3) is 0 Å². The van der Waals surface area contributed by atoms with E-state index in [1.165, 1.54) is 28.2 Å². The molecule has 0 saturated carbocycles. The van der Waals surface area contributed by atoms with Crippen LogP contribution in [0.3, 0.4) is 0 Å². The maximum absolute atomic E-state index is 12.9.